The highest BCUT2D eigenvalue weighted by Gasteiger charge is 2.19. The number of likely N-dealkylation sites (tertiary alicyclic amines) is 1. The number of rotatable bonds is 6. The van der Waals surface area contributed by atoms with Crippen molar-refractivity contribution in [1.82, 2.24) is 4.90 Å². The van der Waals surface area contributed by atoms with Gasteiger partial charge in [0.25, 0.3) is 0 Å². The third kappa shape index (κ3) is 6.38. The van der Waals surface area contributed by atoms with Gasteiger partial charge in [-0.15, -0.1) is 11.7 Å². The molecule has 0 N–H and O–H groups in total. The second-order valence-corrected chi connectivity index (χ2v) is 8.96. The van der Waals surface area contributed by atoms with Gasteiger partial charge in [-0.25, -0.2) is 9.93 Å². The van der Waals surface area contributed by atoms with E-state index in [-0.39, 0.29) is 9.93 Å². The van der Waals surface area contributed by atoms with Crippen molar-refractivity contribution in [2.45, 2.75) is 32.8 Å². The Morgan fingerprint density at radius 2 is 2.00 bits per heavy atom. The van der Waals surface area contributed by atoms with Gasteiger partial charge < -0.3 is 9.64 Å². The van der Waals surface area contributed by atoms with Crippen LogP contribution < -0.4 is 0 Å². The first kappa shape index (κ1) is 14.7. The molecule has 4 heteroatoms. The van der Waals surface area contributed by atoms with Gasteiger partial charge in [0.2, 0.25) is 0 Å². The second-order valence-electron chi connectivity index (χ2n) is 5.15. The third-order valence-corrected chi connectivity index (χ3v) is 4.36. The predicted molar refractivity (Wildman–Crippen MR) is 79.0 cm³/mol. The highest BCUT2D eigenvalue weighted by Crippen LogP contribution is 2.24. The van der Waals surface area contributed by atoms with Crippen LogP contribution in [0.2, 0.25) is 0 Å². The van der Waals surface area contributed by atoms with Gasteiger partial charge in [0.1, 0.15) is 0 Å². The molecule has 1 aliphatic heterocycles. The van der Waals surface area contributed by atoms with Gasteiger partial charge >= 0.3 is 0 Å². The van der Waals surface area contributed by atoms with Crippen LogP contribution in [0.25, 0.3) is 0 Å². The topological polar surface area (TPSA) is 12.5 Å². The molecule has 1 heterocycles. The summed E-state index contributed by atoms with van der Waals surface area (Å²) in [5.41, 5.74) is 0. The predicted octanol–water partition coefficient (Wildman–Crippen LogP) is 2.60. The number of hydrogen-bond acceptors (Lipinski definition) is 3. The van der Waals surface area contributed by atoms with E-state index in [0.29, 0.717) is 6.10 Å². The summed E-state index contributed by atoms with van der Waals surface area (Å²) < 4.78 is 5.89. The largest absolute Gasteiger partial charge is 0.377 e. The number of thiol groups is 2. The van der Waals surface area contributed by atoms with Crippen molar-refractivity contribution in [2.75, 3.05) is 38.2 Å². The van der Waals surface area contributed by atoms with E-state index in [2.05, 4.69) is 36.7 Å². The van der Waals surface area contributed by atoms with Crippen LogP contribution in [0, 0.1) is 5.92 Å². The Morgan fingerprint density at radius 3 is 2.50 bits per heavy atom. The molecule has 0 aromatic heterocycles. The number of piperidine rings is 1. The van der Waals surface area contributed by atoms with Gasteiger partial charge in [-0.3, -0.25) is 0 Å². The van der Waals surface area contributed by atoms with Crippen LogP contribution in [0.1, 0.15) is 26.7 Å². The van der Waals surface area contributed by atoms with Gasteiger partial charge in [0.15, 0.2) is 0 Å². The molecule has 1 aliphatic rings. The Bertz CT molecular complexity index is 180. The van der Waals surface area contributed by atoms with Crippen molar-refractivity contribution in [3.63, 3.8) is 0 Å². The first-order valence-electron chi connectivity index (χ1n) is 6.32. The van der Waals surface area contributed by atoms with E-state index in [4.69, 9.17) is 4.74 Å². The molecule has 1 rings (SSSR count). The SMILES string of the molecule is CC(C)CN1CCC(OCC[SH](C)S)CC1. The summed E-state index contributed by atoms with van der Waals surface area (Å²) in [6, 6.07) is 0. The lowest BCUT2D eigenvalue weighted by Gasteiger charge is -2.33. The molecular formula is C12H27NOS2. The molecule has 1 saturated heterocycles. The summed E-state index contributed by atoms with van der Waals surface area (Å²) in [6.45, 7) is 9.15. The maximum atomic E-state index is 5.89. The average Bonchev–Trinajstić information content (AvgIpc) is 2.19. The Morgan fingerprint density at radius 1 is 1.38 bits per heavy atom. The molecule has 1 atom stereocenters. The Balaban J connectivity index is 2.07. The third-order valence-electron chi connectivity index (χ3n) is 2.93. The molecule has 16 heavy (non-hydrogen) atoms. The van der Waals surface area contributed by atoms with Crippen molar-refractivity contribution < 1.29 is 4.74 Å². The van der Waals surface area contributed by atoms with Crippen LogP contribution in [0.4, 0.5) is 0 Å². The van der Waals surface area contributed by atoms with E-state index in [1.54, 1.807) is 0 Å². The van der Waals surface area contributed by atoms with Crippen LogP contribution >= 0.6 is 21.6 Å². The quantitative estimate of drug-likeness (QED) is 0.566. The number of nitrogens with zero attached hydrogens (tertiary/aromatic N) is 1. The van der Waals surface area contributed by atoms with Crippen LogP contribution in [0.5, 0.6) is 0 Å². The summed E-state index contributed by atoms with van der Waals surface area (Å²) in [6.07, 6.45) is 5.11. The summed E-state index contributed by atoms with van der Waals surface area (Å²) >= 11 is 4.42. The normalized spacial score (nSPS) is 22.7. The maximum absolute atomic E-state index is 5.89. The molecule has 0 radical (unpaired) electrons. The molecule has 1 unspecified atom stereocenters. The van der Waals surface area contributed by atoms with E-state index in [1.807, 2.05) is 0 Å². The van der Waals surface area contributed by atoms with Gasteiger partial charge in [0.05, 0.1) is 12.7 Å². The minimum absolute atomic E-state index is 0.0889. The van der Waals surface area contributed by atoms with Gasteiger partial charge in [-0.05, 0) is 25.0 Å². The highest BCUT2D eigenvalue weighted by atomic mass is 33.1. The van der Waals surface area contributed by atoms with E-state index in [0.717, 1.165) is 18.3 Å². The second kappa shape index (κ2) is 7.85. The van der Waals surface area contributed by atoms with E-state index in [9.17, 15) is 0 Å². The summed E-state index contributed by atoms with van der Waals surface area (Å²) in [7, 11) is -0.0889. The van der Waals surface area contributed by atoms with Crippen LogP contribution in [0.15, 0.2) is 0 Å². The van der Waals surface area contributed by atoms with Crippen molar-refractivity contribution in [3.05, 3.63) is 0 Å². The summed E-state index contributed by atoms with van der Waals surface area (Å²) in [5, 5.41) is 0. The minimum Gasteiger partial charge on any atom is -0.377 e. The van der Waals surface area contributed by atoms with Crippen molar-refractivity contribution in [3.8, 4) is 0 Å². The first-order valence-corrected chi connectivity index (χ1v) is 9.44. The van der Waals surface area contributed by atoms with Gasteiger partial charge in [-0.1, -0.05) is 13.8 Å². The molecular weight excluding hydrogens is 238 g/mol. The van der Waals surface area contributed by atoms with E-state index in [1.165, 1.54) is 32.5 Å². The molecule has 0 amide bonds. The zero-order valence-corrected chi connectivity index (χ0v) is 12.6. The molecule has 0 aromatic rings. The molecule has 98 valence electrons. The fourth-order valence-corrected chi connectivity index (χ4v) is 2.74. The Kier molecular flexibility index (Phi) is 7.20. The van der Waals surface area contributed by atoms with Gasteiger partial charge in [-0.2, -0.15) is 0 Å². The monoisotopic (exact) mass is 265 g/mol. The van der Waals surface area contributed by atoms with Crippen molar-refractivity contribution in [2.24, 2.45) is 5.92 Å². The fourth-order valence-electron chi connectivity index (χ4n) is 2.13. The van der Waals surface area contributed by atoms with Gasteiger partial charge in [0, 0.05) is 25.4 Å². The zero-order valence-electron chi connectivity index (χ0n) is 10.9. The molecule has 0 spiro atoms. The molecule has 1 fully saturated rings. The molecule has 2 nitrogen and oxygen atoms in total. The van der Waals surface area contributed by atoms with Crippen LogP contribution in [-0.2, 0) is 4.74 Å². The highest BCUT2D eigenvalue weighted by molar-refractivity contribution is 8.77. The molecule has 0 aromatic carbocycles. The molecule has 0 saturated carbocycles. The fraction of sp³-hybridized carbons (Fsp3) is 1.00. The number of hydrogen-bond donors (Lipinski definition) is 2. The van der Waals surface area contributed by atoms with Crippen molar-refractivity contribution in [1.29, 1.82) is 0 Å². The lowest BCUT2D eigenvalue weighted by Crippen LogP contribution is -2.39. The Hall–Kier alpha value is 0.620. The number of ether oxygens (including phenoxy) is 1. The smallest absolute Gasteiger partial charge is 0.0599 e. The molecule has 0 aliphatic carbocycles. The van der Waals surface area contributed by atoms with E-state index < -0.39 is 0 Å². The summed E-state index contributed by atoms with van der Waals surface area (Å²) in [5.74, 6) is 1.91. The first-order chi connectivity index (χ1) is 7.58. The standard InChI is InChI=1S/C12H27NOS2/c1-11(2)10-13-6-4-12(5-7-13)14-8-9-16(3)15/h11-12,15-16H,4-10H2,1-3H3. The Labute approximate surface area is 108 Å². The minimum atomic E-state index is -0.0889. The van der Waals surface area contributed by atoms with Crippen LogP contribution in [0.3, 0.4) is 0 Å². The molecule has 0 bridgehead atoms. The lowest BCUT2D eigenvalue weighted by atomic mass is 10.1. The summed E-state index contributed by atoms with van der Waals surface area (Å²) in [4.78, 5) is 2.57. The van der Waals surface area contributed by atoms with E-state index >= 15 is 0 Å². The lowest BCUT2D eigenvalue weighted by molar-refractivity contribution is 0.0133. The maximum Gasteiger partial charge on any atom is 0.0599 e. The zero-order chi connectivity index (χ0) is 12.0. The average molecular weight is 265 g/mol. The van der Waals surface area contributed by atoms with Crippen LogP contribution in [-0.4, -0.2) is 49.3 Å². The van der Waals surface area contributed by atoms with Crippen molar-refractivity contribution >= 4 is 21.6 Å².